The number of rotatable bonds is 5. The number of pyridine rings is 2. The van der Waals surface area contributed by atoms with E-state index in [1.54, 1.807) is 25.3 Å². The molecule has 1 fully saturated rings. The van der Waals surface area contributed by atoms with Gasteiger partial charge >= 0.3 is 0 Å². The Kier molecular flexibility index (Phi) is 5.88. The Labute approximate surface area is 181 Å². The fraction of sp³-hybridized carbons (Fsp3) is 0.318. The molecule has 1 saturated heterocycles. The van der Waals surface area contributed by atoms with E-state index in [0.717, 1.165) is 49.2 Å². The SMILES string of the molecule is Cc1ccc(C(=O)NCc2cc3nc(N4CCNCC4)ccc3cn2)cc1S(C)(=O)=O. The van der Waals surface area contributed by atoms with Crippen LogP contribution in [0.5, 0.6) is 0 Å². The summed E-state index contributed by atoms with van der Waals surface area (Å²) < 4.78 is 23.8. The van der Waals surface area contributed by atoms with Crippen LogP contribution in [0.3, 0.4) is 0 Å². The molecule has 1 aliphatic heterocycles. The van der Waals surface area contributed by atoms with Crippen LogP contribution in [0, 0.1) is 6.92 Å². The number of fused-ring (bicyclic) bond motifs is 1. The Hall–Kier alpha value is -3.04. The van der Waals surface area contributed by atoms with Crippen molar-refractivity contribution in [2.24, 2.45) is 0 Å². The zero-order valence-electron chi connectivity index (χ0n) is 17.6. The van der Waals surface area contributed by atoms with Gasteiger partial charge in [0, 0.05) is 49.6 Å². The van der Waals surface area contributed by atoms with Gasteiger partial charge in [-0.05, 0) is 42.8 Å². The molecule has 1 amide bonds. The lowest BCUT2D eigenvalue weighted by atomic mass is 10.1. The van der Waals surface area contributed by atoms with Crippen molar-refractivity contribution in [3.8, 4) is 0 Å². The van der Waals surface area contributed by atoms with Gasteiger partial charge in [-0.2, -0.15) is 0 Å². The van der Waals surface area contributed by atoms with Crippen LogP contribution in [-0.2, 0) is 16.4 Å². The number of sulfone groups is 1. The normalized spacial score (nSPS) is 14.6. The molecule has 0 bridgehead atoms. The zero-order valence-corrected chi connectivity index (χ0v) is 18.4. The summed E-state index contributed by atoms with van der Waals surface area (Å²) in [6.45, 7) is 5.63. The van der Waals surface area contributed by atoms with E-state index in [-0.39, 0.29) is 17.3 Å². The van der Waals surface area contributed by atoms with Gasteiger partial charge in [0.05, 0.1) is 22.7 Å². The van der Waals surface area contributed by atoms with Gasteiger partial charge in [-0.3, -0.25) is 9.78 Å². The minimum atomic E-state index is -3.40. The van der Waals surface area contributed by atoms with Crippen LogP contribution in [0.15, 0.2) is 47.5 Å². The van der Waals surface area contributed by atoms with Crippen molar-refractivity contribution in [2.45, 2.75) is 18.4 Å². The van der Waals surface area contributed by atoms with Crippen molar-refractivity contribution in [2.75, 3.05) is 37.3 Å². The molecule has 2 aromatic heterocycles. The number of nitrogens with one attached hydrogen (secondary N) is 2. The molecule has 31 heavy (non-hydrogen) atoms. The molecular weight excluding hydrogens is 414 g/mol. The summed E-state index contributed by atoms with van der Waals surface area (Å²) >= 11 is 0. The Morgan fingerprint density at radius 1 is 1.16 bits per heavy atom. The van der Waals surface area contributed by atoms with E-state index in [0.29, 0.717) is 16.8 Å². The van der Waals surface area contributed by atoms with Crippen molar-refractivity contribution in [1.29, 1.82) is 0 Å². The van der Waals surface area contributed by atoms with Crippen molar-refractivity contribution in [3.63, 3.8) is 0 Å². The van der Waals surface area contributed by atoms with Crippen molar-refractivity contribution >= 4 is 32.5 Å². The summed E-state index contributed by atoms with van der Waals surface area (Å²) in [5.41, 5.74) is 2.42. The van der Waals surface area contributed by atoms with Crippen molar-refractivity contribution < 1.29 is 13.2 Å². The quantitative estimate of drug-likeness (QED) is 0.623. The highest BCUT2D eigenvalue weighted by molar-refractivity contribution is 7.90. The zero-order chi connectivity index (χ0) is 22.0. The van der Waals surface area contributed by atoms with E-state index in [2.05, 4.69) is 20.5 Å². The molecule has 1 aliphatic rings. The minimum Gasteiger partial charge on any atom is -0.354 e. The third kappa shape index (κ3) is 4.83. The predicted octanol–water partition coefficient (Wildman–Crippen LogP) is 1.68. The van der Waals surface area contributed by atoms with E-state index in [1.807, 2.05) is 18.2 Å². The first-order valence-corrected chi connectivity index (χ1v) is 12.0. The first kappa shape index (κ1) is 21.2. The Bertz CT molecular complexity index is 1240. The number of carbonyl (C=O) groups excluding carboxylic acids is 1. The topological polar surface area (TPSA) is 104 Å². The van der Waals surface area contributed by atoms with Gasteiger partial charge in [-0.15, -0.1) is 0 Å². The maximum atomic E-state index is 12.6. The number of amides is 1. The summed E-state index contributed by atoms with van der Waals surface area (Å²) in [5, 5.41) is 7.08. The highest BCUT2D eigenvalue weighted by atomic mass is 32.2. The fourth-order valence-corrected chi connectivity index (χ4v) is 4.62. The van der Waals surface area contributed by atoms with Crippen LogP contribution in [0.25, 0.3) is 10.9 Å². The average Bonchev–Trinajstić information content (AvgIpc) is 2.77. The summed E-state index contributed by atoms with van der Waals surface area (Å²) in [7, 11) is -3.40. The maximum Gasteiger partial charge on any atom is 0.251 e. The molecule has 0 saturated carbocycles. The molecular formula is C22H25N5O3S. The van der Waals surface area contributed by atoms with Gasteiger partial charge in [-0.1, -0.05) is 6.07 Å². The standard InChI is InChI=1S/C22H25N5O3S/c1-15-3-4-16(11-20(15)31(2,29)30)22(28)25-14-18-12-19-17(13-24-18)5-6-21(26-19)27-9-7-23-8-10-27/h3-6,11-13,23H,7-10,14H2,1-2H3,(H,25,28). The molecule has 4 rings (SSSR count). The molecule has 0 radical (unpaired) electrons. The van der Waals surface area contributed by atoms with Gasteiger partial charge < -0.3 is 15.5 Å². The Morgan fingerprint density at radius 3 is 2.68 bits per heavy atom. The number of anilines is 1. The highest BCUT2D eigenvalue weighted by Gasteiger charge is 2.15. The summed E-state index contributed by atoms with van der Waals surface area (Å²) in [6.07, 6.45) is 2.89. The lowest BCUT2D eigenvalue weighted by Crippen LogP contribution is -2.43. The molecule has 0 spiro atoms. The highest BCUT2D eigenvalue weighted by Crippen LogP contribution is 2.19. The third-order valence-electron chi connectivity index (χ3n) is 5.34. The van der Waals surface area contributed by atoms with E-state index >= 15 is 0 Å². The van der Waals surface area contributed by atoms with Gasteiger partial charge in [-0.25, -0.2) is 13.4 Å². The van der Waals surface area contributed by atoms with Gasteiger partial charge in [0.25, 0.3) is 5.91 Å². The van der Waals surface area contributed by atoms with Crippen LogP contribution < -0.4 is 15.5 Å². The number of benzene rings is 1. The van der Waals surface area contributed by atoms with E-state index in [1.165, 1.54) is 6.07 Å². The molecule has 0 atom stereocenters. The number of aromatic nitrogens is 2. The second kappa shape index (κ2) is 8.60. The van der Waals surface area contributed by atoms with Crippen LogP contribution in [0.1, 0.15) is 21.6 Å². The van der Waals surface area contributed by atoms with Crippen LogP contribution in [0.2, 0.25) is 0 Å². The summed E-state index contributed by atoms with van der Waals surface area (Å²) in [4.78, 5) is 24.2. The summed E-state index contributed by atoms with van der Waals surface area (Å²) in [6, 6.07) is 10.6. The van der Waals surface area contributed by atoms with Crippen LogP contribution in [0.4, 0.5) is 5.82 Å². The lowest BCUT2D eigenvalue weighted by molar-refractivity contribution is 0.0950. The molecule has 0 aliphatic carbocycles. The van der Waals surface area contributed by atoms with Crippen LogP contribution in [-0.4, -0.2) is 56.7 Å². The average molecular weight is 440 g/mol. The Balaban J connectivity index is 1.50. The van der Waals surface area contributed by atoms with Gasteiger partial charge in [0.15, 0.2) is 9.84 Å². The first-order chi connectivity index (χ1) is 14.8. The molecule has 2 N–H and O–H groups in total. The number of aryl methyl sites for hydroxylation is 1. The maximum absolute atomic E-state index is 12.6. The molecule has 8 nitrogen and oxygen atoms in total. The third-order valence-corrected chi connectivity index (χ3v) is 6.58. The molecule has 162 valence electrons. The number of hydrogen-bond acceptors (Lipinski definition) is 7. The monoisotopic (exact) mass is 439 g/mol. The first-order valence-electron chi connectivity index (χ1n) is 10.1. The van der Waals surface area contributed by atoms with Crippen LogP contribution >= 0.6 is 0 Å². The predicted molar refractivity (Wildman–Crippen MR) is 120 cm³/mol. The molecule has 3 aromatic rings. The van der Waals surface area contributed by atoms with Gasteiger partial charge in [0.1, 0.15) is 5.82 Å². The molecule has 9 heteroatoms. The summed E-state index contributed by atoms with van der Waals surface area (Å²) in [5.74, 6) is 0.581. The number of carbonyl (C=O) groups is 1. The number of hydrogen-bond donors (Lipinski definition) is 2. The second-order valence-electron chi connectivity index (χ2n) is 7.71. The largest absolute Gasteiger partial charge is 0.354 e. The van der Waals surface area contributed by atoms with E-state index in [4.69, 9.17) is 4.98 Å². The minimum absolute atomic E-state index is 0.161. The van der Waals surface area contributed by atoms with Gasteiger partial charge in [0.2, 0.25) is 0 Å². The second-order valence-corrected chi connectivity index (χ2v) is 9.69. The number of piperazine rings is 1. The molecule has 0 unspecified atom stereocenters. The molecule has 3 heterocycles. The van der Waals surface area contributed by atoms with E-state index in [9.17, 15) is 13.2 Å². The Morgan fingerprint density at radius 2 is 1.94 bits per heavy atom. The molecule has 1 aromatic carbocycles. The van der Waals surface area contributed by atoms with Crippen molar-refractivity contribution in [1.82, 2.24) is 20.6 Å². The smallest absolute Gasteiger partial charge is 0.251 e. The fourth-order valence-electron chi connectivity index (χ4n) is 3.63. The van der Waals surface area contributed by atoms with E-state index < -0.39 is 9.84 Å². The lowest BCUT2D eigenvalue weighted by Gasteiger charge is -2.28. The number of nitrogens with zero attached hydrogens (tertiary/aromatic N) is 3. The van der Waals surface area contributed by atoms with Crippen molar-refractivity contribution in [3.05, 3.63) is 59.4 Å².